The molecule has 2 rings (SSSR count). The third-order valence-corrected chi connectivity index (χ3v) is 7.00. The number of nitrogens with zero attached hydrogens (tertiary/aromatic N) is 1. The van der Waals surface area contributed by atoms with Gasteiger partial charge in [-0.25, -0.2) is 9.78 Å². The monoisotopic (exact) mass is 564 g/mol. The van der Waals surface area contributed by atoms with E-state index in [1.54, 1.807) is 0 Å². The van der Waals surface area contributed by atoms with Crippen molar-refractivity contribution in [2.45, 2.75) is 49.9 Å². The fourth-order valence-electron chi connectivity index (χ4n) is 3.61. The molecule has 7 N–H and O–H groups in total. The van der Waals surface area contributed by atoms with Crippen LogP contribution < -0.4 is 21.7 Å². The second-order valence-electron chi connectivity index (χ2n) is 8.66. The predicted octanol–water partition coefficient (Wildman–Crippen LogP) is 0.567. The Labute approximate surface area is 230 Å². The molecule has 1 aromatic carbocycles. The molecule has 4 unspecified atom stereocenters. The highest BCUT2D eigenvalue weighted by Gasteiger charge is 2.30. The largest absolute Gasteiger partial charge is 0.480 e. The van der Waals surface area contributed by atoms with Crippen molar-refractivity contribution in [2.75, 3.05) is 24.0 Å². The lowest BCUT2D eigenvalue weighted by Gasteiger charge is -2.25. The van der Waals surface area contributed by atoms with E-state index in [2.05, 4.69) is 25.9 Å². The van der Waals surface area contributed by atoms with Gasteiger partial charge < -0.3 is 31.8 Å². The van der Waals surface area contributed by atoms with Crippen LogP contribution >= 0.6 is 23.5 Å². The van der Waals surface area contributed by atoms with E-state index in [9.17, 15) is 24.3 Å². The molecule has 13 heteroatoms. The van der Waals surface area contributed by atoms with E-state index in [-0.39, 0.29) is 12.8 Å². The Kier molecular flexibility index (Phi) is 13.7. The second kappa shape index (κ2) is 16.7. The fourth-order valence-corrected chi connectivity index (χ4v) is 4.55. The van der Waals surface area contributed by atoms with Crippen molar-refractivity contribution in [1.29, 1.82) is 0 Å². The third-order valence-electron chi connectivity index (χ3n) is 5.72. The van der Waals surface area contributed by atoms with E-state index >= 15 is 0 Å². The number of hydrogen-bond donors (Lipinski definition) is 6. The highest BCUT2D eigenvalue weighted by molar-refractivity contribution is 7.98. The summed E-state index contributed by atoms with van der Waals surface area (Å²) in [5, 5.41) is 17.5. The average Bonchev–Trinajstić information content (AvgIpc) is 3.41. The highest BCUT2D eigenvalue weighted by atomic mass is 32.2. The van der Waals surface area contributed by atoms with Crippen molar-refractivity contribution in [3.63, 3.8) is 0 Å². The number of thioether (sulfide) groups is 2. The molecule has 0 aliphatic carbocycles. The molecule has 0 saturated carbocycles. The molecule has 1 heterocycles. The number of carbonyl (C=O) groups excluding carboxylic acids is 3. The lowest BCUT2D eigenvalue weighted by Crippen LogP contribution is -2.58. The smallest absolute Gasteiger partial charge is 0.326 e. The zero-order chi connectivity index (χ0) is 27.9. The molecule has 208 valence electrons. The number of H-pyrrole nitrogens is 1. The van der Waals surface area contributed by atoms with Gasteiger partial charge in [-0.1, -0.05) is 30.3 Å². The quantitative estimate of drug-likeness (QED) is 0.160. The number of carbonyl (C=O) groups is 4. The van der Waals surface area contributed by atoms with Gasteiger partial charge in [0.25, 0.3) is 0 Å². The maximum atomic E-state index is 13.3. The lowest BCUT2D eigenvalue weighted by molar-refractivity contribution is -0.142. The number of aliphatic carboxylic acids is 1. The lowest BCUT2D eigenvalue weighted by atomic mass is 10.0. The number of benzene rings is 1. The maximum Gasteiger partial charge on any atom is 0.326 e. The summed E-state index contributed by atoms with van der Waals surface area (Å²) in [4.78, 5) is 57.7. The first-order valence-electron chi connectivity index (χ1n) is 12.1. The number of hydrogen-bond acceptors (Lipinski definition) is 8. The third kappa shape index (κ3) is 10.8. The summed E-state index contributed by atoms with van der Waals surface area (Å²) in [7, 11) is 0. The summed E-state index contributed by atoms with van der Waals surface area (Å²) in [5.74, 6) is -1.71. The molecule has 0 bridgehead atoms. The van der Waals surface area contributed by atoms with Gasteiger partial charge in [-0.05, 0) is 48.8 Å². The standard InChI is InChI=1S/C25H36N6O5S2/c1-37-10-8-19(29-22(32)18(26)12-16-6-4-3-5-7-16)23(33)31-21(13-17-14-27-15-28-17)24(34)30-20(25(35)36)9-11-38-2/h3-7,14-15,18-21H,8-13,26H2,1-2H3,(H,27,28)(H,29,32)(H,30,34)(H,31,33)(H,35,36). The molecular weight excluding hydrogens is 528 g/mol. The van der Waals surface area contributed by atoms with Crippen LogP contribution in [0, 0.1) is 0 Å². The summed E-state index contributed by atoms with van der Waals surface area (Å²) in [6, 6.07) is 5.34. The average molecular weight is 565 g/mol. The molecule has 2 aromatic rings. The molecule has 0 radical (unpaired) electrons. The summed E-state index contributed by atoms with van der Waals surface area (Å²) in [6.07, 6.45) is 7.61. The summed E-state index contributed by atoms with van der Waals surface area (Å²) < 4.78 is 0. The number of aromatic amines is 1. The number of imidazole rings is 1. The van der Waals surface area contributed by atoms with Gasteiger partial charge in [-0.2, -0.15) is 23.5 Å². The Hall–Kier alpha value is -3.03. The number of rotatable bonds is 17. The molecule has 38 heavy (non-hydrogen) atoms. The maximum absolute atomic E-state index is 13.3. The van der Waals surface area contributed by atoms with Crippen LogP contribution in [-0.4, -0.2) is 86.9 Å². The van der Waals surface area contributed by atoms with E-state index in [1.807, 2.05) is 42.8 Å². The van der Waals surface area contributed by atoms with Gasteiger partial charge in [0.05, 0.1) is 12.4 Å². The fraction of sp³-hybridized carbons (Fsp3) is 0.480. The van der Waals surface area contributed by atoms with Gasteiger partial charge in [0.2, 0.25) is 17.7 Å². The van der Waals surface area contributed by atoms with Gasteiger partial charge in [0.15, 0.2) is 0 Å². The SMILES string of the molecule is CSCCC(NC(=O)C(Cc1cnc[nH]1)NC(=O)C(CCSC)NC(=O)C(N)Cc1ccccc1)C(=O)O. The summed E-state index contributed by atoms with van der Waals surface area (Å²) in [6.45, 7) is 0. The van der Waals surface area contributed by atoms with Crippen molar-refractivity contribution in [3.05, 3.63) is 54.1 Å². The van der Waals surface area contributed by atoms with Gasteiger partial charge in [-0.15, -0.1) is 0 Å². The first kappa shape index (κ1) is 31.2. The van der Waals surface area contributed by atoms with E-state index in [1.165, 1.54) is 36.0 Å². The van der Waals surface area contributed by atoms with Gasteiger partial charge in [0, 0.05) is 18.3 Å². The number of nitrogens with two attached hydrogens (primary N) is 1. The van der Waals surface area contributed by atoms with Gasteiger partial charge >= 0.3 is 5.97 Å². The predicted molar refractivity (Wildman–Crippen MR) is 150 cm³/mol. The van der Waals surface area contributed by atoms with E-state index < -0.39 is 47.9 Å². The Bertz CT molecular complexity index is 1020. The Morgan fingerprint density at radius 3 is 2.05 bits per heavy atom. The molecule has 0 aliphatic heterocycles. The van der Waals surface area contributed by atoms with Crippen LogP contribution in [0.4, 0.5) is 0 Å². The topological polar surface area (TPSA) is 179 Å². The highest BCUT2D eigenvalue weighted by Crippen LogP contribution is 2.08. The van der Waals surface area contributed by atoms with Crippen molar-refractivity contribution < 1.29 is 24.3 Å². The zero-order valence-electron chi connectivity index (χ0n) is 21.5. The van der Waals surface area contributed by atoms with Crippen LogP contribution in [0.3, 0.4) is 0 Å². The molecule has 11 nitrogen and oxygen atoms in total. The van der Waals surface area contributed by atoms with E-state index in [0.29, 0.717) is 30.0 Å². The molecule has 0 fully saturated rings. The first-order chi connectivity index (χ1) is 18.2. The van der Waals surface area contributed by atoms with Crippen molar-refractivity contribution in [3.8, 4) is 0 Å². The minimum Gasteiger partial charge on any atom is -0.480 e. The molecule has 0 saturated heterocycles. The second-order valence-corrected chi connectivity index (χ2v) is 10.6. The zero-order valence-corrected chi connectivity index (χ0v) is 23.1. The molecule has 3 amide bonds. The van der Waals surface area contributed by atoms with Crippen LogP contribution in [0.25, 0.3) is 0 Å². The van der Waals surface area contributed by atoms with Crippen LogP contribution in [0.1, 0.15) is 24.1 Å². The molecule has 0 spiro atoms. The van der Waals surface area contributed by atoms with Crippen LogP contribution in [0.2, 0.25) is 0 Å². The molecule has 1 aromatic heterocycles. The number of carboxylic acid groups (broad SMARTS) is 1. The molecule has 0 aliphatic rings. The number of amides is 3. The Morgan fingerprint density at radius 2 is 1.47 bits per heavy atom. The normalized spacial score (nSPS) is 14.1. The Morgan fingerprint density at radius 1 is 0.895 bits per heavy atom. The summed E-state index contributed by atoms with van der Waals surface area (Å²) in [5.41, 5.74) is 7.58. The first-order valence-corrected chi connectivity index (χ1v) is 14.9. The minimum absolute atomic E-state index is 0.0587. The van der Waals surface area contributed by atoms with Crippen molar-refractivity contribution in [1.82, 2.24) is 25.9 Å². The number of aromatic nitrogens is 2. The van der Waals surface area contributed by atoms with Crippen LogP contribution in [-0.2, 0) is 32.0 Å². The number of carboxylic acids is 1. The number of nitrogens with one attached hydrogen (secondary N) is 4. The molecular formula is C25H36N6O5S2. The van der Waals surface area contributed by atoms with Crippen LogP contribution in [0.15, 0.2) is 42.9 Å². The minimum atomic E-state index is -1.16. The van der Waals surface area contributed by atoms with Crippen molar-refractivity contribution >= 4 is 47.2 Å². The van der Waals surface area contributed by atoms with Gasteiger partial charge in [0.1, 0.15) is 18.1 Å². The van der Waals surface area contributed by atoms with E-state index in [0.717, 1.165) is 5.56 Å². The van der Waals surface area contributed by atoms with Crippen LogP contribution in [0.5, 0.6) is 0 Å². The van der Waals surface area contributed by atoms with E-state index in [4.69, 9.17) is 5.73 Å². The van der Waals surface area contributed by atoms with Gasteiger partial charge in [-0.3, -0.25) is 14.4 Å². The van der Waals surface area contributed by atoms with Crippen molar-refractivity contribution in [2.24, 2.45) is 5.73 Å². The summed E-state index contributed by atoms with van der Waals surface area (Å²) >= 11 is 2.98. The Balaban J connectivity index is 2.13. The molecule has 4 atom stereocenters.